The molecule has 3 heterocycles. The molecule has 4 nitrogen and oxygen atoms in total. The largest absolute Gasteiger partial charge is 0.313 e. The molecule has 1 fully saturated rings. The van der Waals surface area contributed by atoms with Crippen molar-refractivity contribution < 1.29 is 9.18 Å². The van der Waals surface area contributed by atoms with E-state index in [1.807, 2.05) is 29.7 Å². The first-order chi connectivity index (χ1) is 13.6. The molecule has 0 spiro atoms. The molecule has 2 aliphatic heterocycles. The van der Waals surface area contributed by atoms with Gasteiger partial charge in [-0.3, -0.25) is 9.93 Å². The molecular weight excluding hydrogens is 417 g/mol. The molecular formula is C20H23ClFN3OS2. The summed E-state index contributed by atoms with van der Waals surface area (Å²) in [5, 5.41) is 10.3. The van der Waals surface area contributed by atoms with Gasteiger partial charge in [0.25, 0.3) is 0 Å². The van der Waals surface area contributed by atoms with Gasteiger partial charge in [0.15, 0.2) is 0 Å². The van der Waals surface area contributed by atoms with Gasteiger partial charge in [0.2, 0.25) is 5.91 Å². The highest BCUT2D eigenvalue weighted by Gasteiger charge is 2.26. The number of halogens is 2. The van der Waals surface area contributed by atoms with Crippen LogP contribution in [0, 0.1) is 5.82 Å². The van der Waals surface area contributed by atoms with Crippen molar-refractivity contribution >= 4 is 52.6 Å². The zero-order chi connectivity index (χ0) is 19.9. The number of carbonyl (C=O) groups excluding carboxylic acids is 1. The molecule has 0 aliphatic carbocycles. The SMILES string of the molecule is NS/C=C/c1ccc(Cl)s1.O=C1CCCN1c1ccc2c(c1F)CCCNC2. The number of nitrogens with two attached hydrogens (primary N) is 1. The van der Waals surface area contributed by atoms with E-state index in [4.69, 9.17) is 16.7 Å². The summed E-state index contributed by atoms with van der Waals surface area (Å²) in [6, 6.07) is 7.54. The van der Waals surface area contributed by atoms with Gasteiger partial charge in [-0.25, -0.2) is 4.39 Å². The van der Waals surface area contributed by atoms with E-state index in [9.17, 15) is 9.18 Å². The minimum absolute atomic E-state index is 0.0422. The summed E-state index contributed by atoms with van der Waals surface area (Å²) >= 11 is 8.41. The lowest BCUT2D eigenvalue weighted by atomic mass is 10.0. The predicted molar refractivity (Wildman–Crippen MR) is 118 cm³/mol. The second-order valence-electron chi connectivity index (χ2n) is 6.55. The Balaban J connectivity index is 0.000000192. The zero-order valence-electron chi connectivity index (χ0n) is 15.4. The predicted octanol–water partition coefficient (Wildman–Crippen LogP) is 4.97. The summed E-state index contributed by atoms with van der Waals surface area (Å²) in [7, 11) is 0. The number of hydrogen-bond acceptors (Lipinski definition) is 5. The van der Waals surface area contributed by atoms with Crippen molar-refractivity contribution in [3.05, 3.63) is 55.8 Å². The molecule has 150 valence electrons. The van der Waals surface area contributed by atoms with Gasteiger partial charge in [0, 0.05) is 24.4 Å². The molecule has 1 aromatic carbocycles. The van der Waals surface area contributed by atoms with E-state index in [2.05, 4.69) is 5.32 Å². The maximum absolute atomic E-state index is 14.5. The van der Waals surface area contributed by atoms with E-state index >= 15 is 0 Å². The van der Waals surface area contributed by atoms with E-state index in [0.717, 1.165) is 52.7 Å². The zero-order valence-corrected chi connectivity index (χ0v) is 17.8. The molecule has 28 heavy (non-hydrogen) atoms. The molecule has 4 rings (SSSR count). The maximum atomic E-state index is 14.5. The number of anilines is 1. The Morgan fingerprint density at radius 3 is 2.79 bits per heavy atom. The van der Waals surface area contributed by atoms with E-state index < -0.39 is 0 Å². The molecule has 3 N–H and O–H groups in total. The maximum Gasteiger partial charge on any atom is 0.227 e. The van der Waals surface area contributed by atoms with Crippen molar-refractivity contribution in [3.63, 3.8) is 0 Å². The summed E-state index contributed by atoms with van der Waals surface area (Å²) in [6.07, 6.45) is 5.00. The Kier molecular flexibility index (Phi) is 7.93. The second kappa shape index (κ2) is 10.4. The van der Waals surface area contributed by atoms with E-state index in [-0.39, 0.29) is 11.7 Å². The minimum atomic E-state index is -0.188. The Hall–Kier alpha value is -1.38. The monoisotopic (exact) mass is 439 g/mol. The van der Waals surface area contributed by atoms with Gasteiger partial charge in [-0.15, -0.1) is 11.3 Å². The number of nitrogens with zero attached hydrogens (tertiary/aromatic N) is 1. The van der Waals surface area contributed by atoms with E-state index in [1.165, 1.54) is 23.3 Å². The second-order valence-corrected chi connectivity index (χ2v) is 8.84. The van der Waals surface area contributed by atoms with Gasteiger partial charge in [0.1, 0.15) is 5.82 Å². The fourth-order valence-electron chi connectivity index (χ4n) is 3.33. The molecule has 0 radical (unpaired) electrons. The lowest BCUT2D eigenvalue weighted by molar-refractivity contribution is -0.117. The molecule has 0 bridgehead atoms. The lowest BCUT2D eigenvalue weighted by Crippen LogP contribution is -2.25. The smallest absolute Gasteiger partial charge is 0.227 e. The van der Waals surface area contributed by atoms with E-state index in [1.54, 1.807) is 11.0 Å². The Bertz CT molecular complexity index is 856. The van der Waals surface area contributed by atoms with Crippen molar-refractivity contribution in [1.29, 1.82) is 0 Å². The fourth-order valence-corrected chi connectivity index (χ4v) is 4.61. The third-order valence-electron chi connectivity index (χ3n) is 4.68. The molecule has 8 heteroatoms. The normalized spacial score (nSPS) is 16.7. The van der Waals surface area contributed by atoms with Crippen LogP contribution in [-0.4, -0.2) is 19.0 Å². The Labute approximate surface area is 178 Å². The van der Waals surface area contributed by atoms with Crippen LogP contribution in [0.2, 0.25) is 4.34 Å². The van der Waals surface area contributed by atoms with Crippen LogP contribution in [0.5, 0.6) is 0 Å². The number of carbonyl (C=O) groups is 1. The average molecular weight is 440 g/mol. The topological polar surface area (TPSA) is 58.4 Å². The van der Waals surface area contributed by atoms with Crippen LogP contribution < -0.4 is 15.4 Å². The molecule has 1 aromatic heterocycles. The van der Waals surface area contributed by atoms with E-state index in [0.29, 0.717) is 18.7 Å². The number of thiophene rings is 1. The summed E-state index contributed by atoms with van der Waals surface area (Å²) in [6.45, 7) is 2.29. The number of rotatable bonds is 3. The van der Waals surface area contributed by atoms with Gasteiger partial charge >= 0.3 is 0 Å². The summed E-state index contributed by atoms with van der Waals surface area (Å²) in [4.78, 5) is 14.4. The van der Waals surface area contributed by atoms with Crippen LogP contribution in [0.4, 0.5) is 10.1 Å². The molecule has 1 amide bonds. The van der Waals surface area contributed by atoms with Crippen molar-refractivity contribution in [1.82, 2.24) is 5.32 Å². The molecule has 0 saturated carbocycles. The van der Waals surface area contributed by atoms with Crippen LogP contribution in [0.3, 0.4) is 0 Å². The first-order valence-electron chi connectivity index (χ1n) is 9.19. The van der Waals surface area contributed by atoms with Crippen LogP contribution >= 0.6 is 34.9 Å². The highest BCUT2D eigenvalue weighted by Crippen LogP contribution is 2.30. The van der Waals surface area contributed by atoms with Gasteiger partial charge in [-0.1, -0.05) is 29.6 Å². The van der Waals surface area contributed by atoms with Crippen molar-refractivity contribution in [2.24, 2.45) is 5.14 Å². The van der Waals surface area contributed by atoms with Gasteiger partial charge in [-0.05, 0) is 66.6 Å². The molecule has 0 atom stereocenters. The first-order valence-corrected chi connectivity index (χ1v) is 11.3. The highest BCUT2D eigenvalue weighted by atomic mass is 35.5. The number of nitrogens with one attached hydrogen (secondary N) is 1. The van der Waals surface area contributed by atoms with Gasteiger partial charge in [-0.2, -0.15) is 0 Å². The number of fused-ring (bicyclic) bond motifs is 1. The fraction of sp³-hybridized carbons (Fsp3) is 0.350. The average Bonchev–Trinajstić information content (AvgIpc) is 3.21. The van der Waals surface area contributed by atoms with Gasteiger partial charge in [0.05, 0.1) is 10.0 Å². The third kappa shape index (κ3) is 5.36. The molecule has 2 aromatic rings. The number of amides is 1. The quantitative estimate of drug-likeness (QED) is 0.663. The number of benzene rings is 1. The minimum Gasteiger partial charge on any atom is -0.313 e. The van der Waals surface area contributed by atoms with Crippen molar-refractivity contribution in [2.45, 2.75) is 32.2 Å². The summed E-state index contributed by atoms with van der Waals surface area (Å²) < 4.78 is 15.3. The molecule has 0 unspecified atom stereocenters. The summed E-state index contributed by atoms with van der Waals surface area (Å²) in [5.74, 6) is -0.146. The summed E-state index contributed by atoms with van der Waals surface area (Å²) in [5.41, 5.74) is 2.29. The Morgan fingerprint density at radius 1 is 1.25 bits per heavy atom. The van der Waals surface area contributed by atoms with Crippen LogP contribution in [0.15, 0.2) is 29.7 Å². The van der Waals surface area contributed by atoms with Crippen molar-refractivity contribution in [3.8, 4) is 0 Å². The number of hydrogen-bond donors (Lipinski definition) is 2. The highest BCUT2D eigenvalue weighted by molar-refractivity contribution is 8.00. The molecule has 1 saturated heterocycles. The molecule has 2 aliphatic rings. The standard InChI is InChI=1S/C14H17FN2O.C6H6ClNS2/c15-14-11-3-1-7-16-9-10(11)5-6-12(14)17-8-2-4-13(17)18;7-6-2-1-5(10-6)3-4-9-8/h5-6,16H,1-4,7-9H2;1-4H,8H2/b;4-3+. The van der Waals surface area contributed by atoms with Crippen LogP contribution in [0.1, 0.15) is 35.3 Å². The Morgan fingerprint density at radius 2 is 2.11 bits per heavy atom. The van der Waals surface area contributed by atoms with Crippen LogP contribution in [0.25, 0.3) is 6.08 Å². The third-order valence-corrected chi connectivity index (χ3v) is 6.17. The van der Waals surface area contributed by atoms with Crippen LogP contribution in [-0.2, 0) is 17.8 Å². The van der Waals surface area contributed by atoms with Gasteiger partial charge < -0.3 is 10.2 Å². The van der Waals surface area contributed by atoms with Crippen molar-refractivity contribution in [2.75, 3.05) is 18.0 Å². The lowest BCUT2D eigenvalue weighted by Gasteiger charge is -2.19. The first kappa shape index (κ1) is 21.3.